The van der Waals surface area contributed by atoms with Gasteiger partial charge in [0.1, 0.15) is 6.54 Å². The largest absolute Gasteiger partial charge is 0.394 e. The van der Waals surface area contributed by atoms with Crippen molar-refractivity contribution in [3.8, 4) is 11.4 Å². The SMILES string of the molecule is O=C(Cn1nnc(-c2ccsc2)n1)NC(CO)CO. The van der Waals surface area contributed by atoms with E-state index in [1.165, 1.54) is 11.3 Å². The number of nitrogens with zero attached hydrogens (tertiary/aromatic N) is 4. The smallest absolute Gasteiger partial charge is 0.244 e. The molecular weight excluding hydrogens is 270 g/mol. The lowest BCUT2D eigenvalue weighted by atomic mass is 10.3. The zero-order chi connectivity index (χ0) is 13.7. The van der Waals surface area contributed by atoms with Crippen molar-refractivity contribution in [3.05, 3.63) is 16.8 Å². The van der Waals surface area contributed by atoms with E-state index in [0.29, 0.717) is 5.82 Å². The molecule has 0 aliphatic rings. The van der Waals surface area contributed by atoms with Gasteiger partial charge in [-0.1, -0.05) is 0 Å². The molecule has 0 unspecified atom stereocenters. The average molecular weight is 283 g/mol. The fourth-order valence-electron chi connectivity index (χ4n) is 1.37. The van der Waals surface area contributed by atoms with Crippen LogP contribution < -0.4 is 5.32 Å². The number of carbonyl (C=O) groups excluding carboxylic acids is 1. The third-order valence-corrected chi connectivity index (χ3v) is 3.01. The second kappa shape index (κ2) is 6.36. The molecule has 0 saturated heterocycles. The van der Waals surface area contributed by atoms with Crippen LogP contribution in [0.1, 0.15) is 0 Å². The van der Waals surface area contributed by atoms with Crippen molar-refractivity contribution in [1.29, 1.82) is 0 Å². The van der Waals surface area contributed by atoms with Crippen LogP contribution in [-0.4, -0.2) is 55.6 Å². The zero-order valence-corrected chi connectivity index (χ0v) is 10.7. The van der Waals surface area contributed by atoms with Gasteiger partial charge in [-0.15, -0.1) is 10.2 Å². The van der Waals surface area contributed by atoms with E-state index in [1.807, 2.05) is 16.8 Å². The minimum absolute atomic E-state index is 0.117. The molecule has 0 aromatic carbocycles. The van der Waals surface area contributed by atoms with Crippen LogP contribution >= 0.6 is 11.3 Å². The van der Waals surface area contributed by atoms with Gasteiger partial charge in [0, 0.05) is 10.9 Å². The van der Waals surface area contributed by atoms with Crippen LogP contribution in [0.25, 0.3) is 11.4 Å². The molecule has 102 valence electrons. The van der Waals surface area contributed by atoms with Crippen LogP contribution in [0.4, 0.5) is 0 Å². The van der Waals surface area contributed by atoms with Crippen LogP contribution in [0, 0.1) is 0 Å². The van der Waals surface area contributed by atoms with Gasteiger partial charge < -0.3 is 15.5 Å². The van der Waals surface area contributed by atoms with Gasteiger partial charge in [0.25, 0.3) is 0 Å². The number of tetrazole rings is 1. The predicted octanol–water partition coefficient (Wildman–Crippen LogP) is -1.13. The number of thiophene rings is 1. The van der Waals surface area contributed by atoms with E-state index >= 15 is 0 Å². The molecule has 2 aromatic rings. The molecule has 9 heteroatoms. The molecule has 2 heterocycles. The summed E-state index contributed by atoms with van der Waals surface area (Å²) in [5, 5.41) is 35.6. The van der Waals surface area contributed by atoms with Crippen LogP contribution in [0.5, 0.6) is 0 Å². The van der Waals surface area contributed by atoms with Gasteiger partial charge in [-0.2, -0.15) is 16.1 Å². The number of aromatic nitrogens is 4. The van der Waals surface area contributed by atoms with Crippen molar-refractivity contribution in [2.75, 3.05) is 13.2 Å². The molecular formula is C10H13N5O3S. The third-order valence-electron chi connectivity index (χ3n) is 2.32. The summed E-state index contributed by atoms with van der Waals surface area (Å²) >= 11 is 1.52. The van der Waals surface area contributed by atoms with Crippen molar-refractivity contribution >= 4 is 17.2 Å². The van der Waals surface area contributed by atoms with Crippen molar-refractivity contribution in [1.82, 2.24) is 25.5 Å². The lowest BCUT2D eigenvalue weighted by molar-refractivity contribution is -0.123. The maximum absolute atomic E-state index is 11.6. The lowest BCUT2D eigenvalue weighted by Crippen LogP contribution is -2.41. The Labute approximate surface area is 112 Å². The standard InChI is InChI=1S/C10H13N5O3S/c16-4-8(5-17)11-9(18)3-15-13-10(12-14-15)7-1-2-19-6-7/h1-2,6,8,16-17H,3-5H2,(H,11,18). The number of nitrogens with one attached hydrogen (secondary N) is 1. The summed E-state index contributed by atoms with van der Waals surface area (Å²) in [5.41, 5.74) is 0.847. The molecule has 0 aliphatic heterocycles. The highest BCUT2D eigenvalue weighted by atomic mass is 32.1. The van der Waals surface area contributed by atoms with Crippen LogP contribution in [0.3, 0.4) is 0 Å². The van der Waals surface area contributed by atoms with E-state index in [1.54, 1.807) is 0 Å². The molecule has 2 aromatic heterocycles. The average Bonchev–Trinajstić information content (AvgIpc) is 3.06. The van der Waals surface area contributed by atoms with E-state index in [2.05, 4.69) is 20.7 Å². The van der Waals surface area contributed by atoms with E-state index < -0.39 is 11.9 Å². The molecule has 0 saturated carbocycles. The lowest BCUT2D eigenvalue weighted by Gasteiger charge is -2.12. The summed E-state index contributed by atoms with van der Waals surface area (Å²) in [7, 11) is 0. The summed E-state index contributed by atoms with van der Waals surface area (Å²) in [6.45, 7) is -0.770. The number of hydrogen-bond acceptors (Lipinski definition) is 7. The van der Waals surface area contributed by atoms with Gasteiger partial charge in [-0.05, 0) is 16.7 Å². The van der Waals surface area contributed by atoms with E-state index in [9.17, 15) is 4.79 Å². The molecule has 0 aliphatic carbocycles. The molecule has 3 N–H and O–H groups in total. The molecule has 1 amide bonds. The van der Waals surface area contributed by atoms with Crippen molar-refractivity contribution in [2.45, 2.75) is 12.6 Å². The Morgan fingerprint density at radius 2 is 2.26 bits per heavy atom. The fourth-order valence-corrected chi connectivity index (χ4v) is 2.00. The van der Waals surface area contributed by atoms with Gasteiger partial charge in [0.2, 0.25) is 11.7 Å². The van der Waals surface area contributed by atoms with Gasteiger partial charge in [-0.3, -0.25) is 4.79 Å². The summed E-state index contributed by atoms with van der Waals surface area (Å²) in [5.74, 6) is 0.0530. The molecule has 19 heavy (non-hydrogen) atoms. The van der Waals surface area contributed by atoms with E-state index in [0.717, 1.165) is 10.4 Å². The van der Waals surface area contributed by atoms with Crippen LogP contribution in [0.2, 0.25) is 0 Å². The summed E-state index contributed by atoms with van der Waals surface area (Å²) < 4.78 is 0. The van der Waals surface area contributed by atoms with Crippen LogP contribution in [-0.2, 0) is 11.3 Å². The molecule has 0 fully saturated rings. The van der Waals surface area contributed by atoms with Crippen molar-refractivity contribution in [2.24, 2.45) is 0 Å². The highest BCUT2D eigenvalue weighted by Crippen LogP contribution is 2.16. The molecule has 0 radical (unpaired) electrons. The first-order valence-electron chi connectivity index (χ1n) is 5.54. The molecule has 2 rings (SSSR count). The van der Waals surface area contributed by atoms with Gasteiger partial charge in [-0.25, -0.2) is 0 Å². The molecule has 0 atom stereocenters. The van der Waals surface area contributed by atoms with Gasteiger partial charge in [0.15, 0.2) is 0 Å². The minimum atomic E-state index is -0.674. The topological polar surface area (TPSA) is 113 Å². The number of aliphatic hydroxyl groups is 2. The van der Waals surface area contributed by atoms with Gasteiger partial charge >= 0.3 is 0 Å². The Bertz CT molecular complexity index is 523. The number of aliphatic hydroxyl groups excluding tert-OH is 2. The molecule has 0 bridgehead atoms. The summed E-state index contributed by atoms with van der Waals surface area (Å²) in [6.07, 6.45) is 0. The Balaban J connectivity index is 1.95. The Hall–Kier alpha value is -1.84. The second-order valence-corrected chi connectivity index (χ2v) is 4.57. The molecule has 8 nitrogen and oxygen atoms in total. The first-order chi connectivity index (χ1) is 9.22. The number of rotatable bonds is 6. The Morgan fingerprint density at radius 1 is 1.47 bits per heavy atom. The van der Waals surface area contributed by atoms with E-state index in [4.69, 9.17) is 10.2 Å². The second-order valence-electron chi connectivity index (χ2n) is 3.79. The number of amides is 1. The number of hydrogen-bond donors (Lipinski definition) is 3. The minimum Gasteiger partial charge on any atom is -0.394 e. The highest BCUT2D eigenvalue weighted by molar-refractivity contribution is 7.08. The Morgan fingerprint density at radius 3 is 2.89 bits per heavy atom. The molecule has 0 spiro atoms. The maximum Gasteiger partial charge on any atom is 0.244 e. The first-order valence-corrected chi connectivity index (χ1v) is 6.48. The fraction of sp³-hybridized carbons (Fsp3) is 0.400. The summed E-state index contributed by atoms with van der Waals surface area (Å²) in [4.78, 5) is 12.7. The Kier molecular flexibility index (Phi) is 4.55. The van der Waals surface area contributed by atoms with Crippen LogP contribution in [0.15, 0.2) is 16.8 Å². The normalized spacial score (nSPS) is 10.9. The monoisotopic (exact) mass is 283 g/mol. The van der Waals surface area contributed by atoms with E-state index in [-0.39, 0.29) is 19.8 Å². The quantitative estimate of drug-likeness (QED) is 0.618. The van der Waals surface area contributed by atoms with Crippen molar-refractivity contribution < 1.29 is 15.0 Å². The highest BCUT2D eigenvalue weighted by Gasteiger charge is 2.13. The maximum atomic E-state index is 11.6. The number of carbonyl (C=O) groups is 1. The zero-order valence-electron chi connectivity index (χ0n) is 9.93. The van der Waals surface area contributed by atoms with Crippen molar-refractivity contribution in [3.63, 3.8) is 0 Å². The summed E-state index contributed by atoms with van der Waals surface area (Å²) in [6, 6.07) is 1.19. The third kappa shape index (κ3) is 3.56. The first kappa shape index (κ1) is 13.6. The van der Waals surface area contributed by atoms with Gasteiger partial charge in [0.05, 0.1) is 19.3 Å². The predicted molar refractivity (Wildman–Crippen MR) is 67.2 cm³/mol.